The molecule has 19 heavy (non-hydrogen) atoms. The smallest absolute Gasteiger partial charge is 0.279 e. The maximum atomic E-state index is 11.8. The van der Waals surface area contributed by atoms with Gasteiger partial charge in [0, 0.05) is 20.1 Å². The first-order chi connectivity index (χ1) is 8.94. The minimum Gasteiger partial charge on any atom is -0.496 e. The molecule has 106 valence electrons. The quantitative estimate of drug-likeness (QED) is 0.895. The van der Waals surface area contributed by atoms with Gasteiger partial charge in [-0.15, -0.1) is 0 Å². The summed E-state index contributed by atoms with van der Waals surface area (Å²) in [4.78, 5) is 0. The van der Waals surface area contributed by atoms with E-state index in [1.165, 1.54) is 24.0 Å². The van der Waals surface area contributed by atoms with Gasteiger partial charge in [0.1, 0.15) is 5.75 Å². The van der Waals surface area contributed by atoms with Crippen LogP contribution in [0.15, 0.2) is 18.2 Å². The van der Waals surface area contributed by atoms with Crippen LogP contribution >= 0.6 is 0 Å². The zero-order valence-corrected chi connectivity index (χ0v) is 12.3. The number of hydrogen-bond acceptors (Lipinski definition) is 3. The van der Waals surface area contributed by atoms with Crippen molar-refractivity contribution >= 4 is 10.2 Å². The lowest BCUT2D eigenvalue weighted by Gasteiger charge is -2.27. The summed E-state index contributed by atoms with van der Waals surface area (Å²) in [7, 11) is 1.36. The van der Waals surface area contributed by atoms with Crippen molar-refractivity contribution in [3.63, 3.8) is 0 Å². The molecule has 0 spiro atoms. The van der Waals surface area contributed by atoms with Crippen molar-refractivity contribution < 1.29 is 13.2 Å². The first-order valence-electron chi connectivity index (χ1n) is 6.28. The van der Waals surface area contributed by atoms with Crippen molar-refractivity contribution in [1.82, 2.24) is 9.03 Å². The van der Waals surface area contributed by atoms with Gasteiger partial charge in [0.15, 0.2) is 0 Å². The standard InChI is InChI=1S/C13H20N2O3S/c1-15(2)19(16,17)14-11-7-8-12-10(9-11)5-4-6-13(12)18-3/h4-6,11,14H,7-9H2,1-3H3. The monoisotopic (exact) mass is 284 g/mol. The van der Waals surface area contributed by atoms with E-state index >= 15 is 0 Å². The third kappa shape index (κ3) is 3.08. The van der Waals surface area contributed by atoms with Gasteiger partial charge in [-0.25, -0.2) is 0 Å². The molecular weight excluding hydrogens is 264 g/mol. The molecule has 1 N–H and O–H groups in total. The molecule has 1 aromatic rings. The van der Waals surface area contributed by atoms with Crippen LogP contribution in [0.1, 0.15) is 17.5 Å². The Balaban J connectivity index is 2.15. The molecule has 0 radical (unpaired) electrons. The molecule has 0 aromatic heterocycles. The molecular formula is C13H20N2O3S. The normalized spacial score (nSPS) is 19.3. The second kappa shape index (κ2) is 5.48. The Morgan fingerprint density at radius 2 is 2.11 bits per heavy atom. The van der Waals surface area contributed by atoms with E-state index in [0.29, 0.717) is 6.42 Å². The number of nitrogens with zero attached hydrogens (tertiary/aromatic N) is 1. The molecule has 0 saturated heterocycles. The van der Waals surface area contributed by atoms with E-state index in [1.807, 2.05) is 18.2 Å². The van der Waals surface area contributed by atoms with E-state index in [1.54, 1.807) is 7.11 Å². The second-order valence-electron chi connectivity index (χ2n) is 4.94. The summed E-state index contributed by atoms with van der Waals surface area (Å²) in [5, 5.41) is 0. The Morgan fingerprint density at radius 3 is 2.74 bits per heavy atom. The lowest BCUT2D eigenvalue weighted by molar-refractivity contribution is 0.401. The predicted molar refractivity (Wildman–Crippen MR) is 74.5 cm³/mol. The van der Waals surface area contributed by atoms with Gasteiger partial charge in [-0.2, -0.15) is 17.4 Å². The average Bonchev–Trinajstić information content (AvgIpc) is 2.37. The fraction of sp³-hybridized carbons (Fsp3) is 0.538. The zero-order valence-electron chi connectivity index (χ0n) is 11.5. The summed E-state index contributed by atoms with van der Waals surface area (Å²) >= 11 is 0. The molecule has 6 heteroatoms. The van der Waals surface area contributed by atoms with E-state index in [0.717, 1.165) is 24.2 Å². The van der Waals surface area contributed by atoms with Crippen molar-refractivity contribution in [3.8, 4) is 5.75 Å². The highest BCUT2D eigenvalue weighted by Gasteiger charge is 2.25. The van der Waals surface area contributed by atoms with Crippen molar-refractivity contribution in [3.05, 3.63) is 29.3 Å². The first-order valence-corrected chi connectivity index (χ1v) is 7.72. The maximum absolute atomic E-state index is 11.8. The van der Waals surface area contributed by atoms with Crippen molar-refractivity contribution in [1.29, 1.82) is 0 Å². The van der Waals surface area contributed by atoms with Crippen LogP contribution in [0.5, 0.6) is 5.75 Å². The first kappa shape index (κ1) is 14.3. The fourth-order valence-corrected chi connectivity index (χ4v) is 3.21. The maximum Gasteiger partial charge on any atom is 0.279 e. The van der Waals surface area contributed by atoms with Gasteiger partial charge in [0.05, 0.1) is 7.11 Å². The van der Waals surface area contributed by atoms with Gasteiger partial charge in [-0.1, -0.05) is 12.1 Å². The molecule has 0 bridgehead atoms. The Bertz CT molecular complexity index is 555. The molecule has 0 saturated carbocycles. The van der Waals surface area contributed by atoms with Gasteiger partial charge in [-0.05, 0) is 36.5 Å². The third-order valence-electron chi connectivity index (χ3n) is 3.46. The molecule has 0 aliphatic heterocycles. The summed E-state index contributed by atoms with van der Waals surface area (Å²) in [5.74, 6) is 0.895. The van der Waals surface area contributed by atoms with Crippen LogP contribution in [-0.2, 0) is 23.1 Å². The van der Waals surface area contributed by atoms with E-state index < -0.39 is 10.2 Å². The highest BCUT2D eigenvalue weighted by Crippen LogP contribution is 2.29. The molecule has 0 heterocycles. The van der Waals surface area contributed by atoms with E-state index in [4.69, 9.17) is 4.74 Å². The minimum absolute atomic E-state index is 0.0491. The number of ether oxygens (including phenoxy) is 1. The van der Waals surface area contributed by atoms with Gasteiger partial charge in [0.25, 0.3) is 10.2 Å². The molecule has 2 rings (SSSR count). The number of rotatable bonds is 4. The molecule has 1 aliphatic carbocycles. The van der Waals surface area contributed by atoms with Crippen LogP contribution in [-0.4, -0.2) is 40.0 Å². The summed E-state index contributed by atoms with van der Waals surface area (Å²) in [6.45, 7) is 0. The van der Waals surface area contributed by atoms with Crippen molar-refractivity contribution in [2.75, 3.05) is 21.2 Å². The zero-order chi connectivity index (χ0) is 14.0. The molecule has 0 fully saturated rings. The Hall–Kier alpha value is -1.11. The number of hydrogen-bond donors (Lipinski definition) is 1. The average molecular weight is 284 g/mol. The lowest BCUT2D eigenvalue weighted by atomic mass is 9.88. The molecule has 1 atom stereocenters. The van der Waals surface area contributed by atoms with Gasteiger partial charge in [0.2, 0.25) is 0 Å². The van der Waals surface area contributed by atoms with Crippen LogP contribution in [0.2, 0.25) is 0 Å². The largest absolute Gasteiger partial charge is 0.496 e. The van der Waals surface area contributed by atoms with Crippen molar-refractivity contribution in [2.45, 2.75) is 25.3 Å². The summed E-state index contributed by atoms with van der Waals surface area (Å²) < 4.78 is 32.9. The number of benzene rings is 1. The van der Waals surface area contributed by atoms with Crippen molar-refractivity contribution in [2.24, 2.45) is 0 Å². The minimum atomic E-state index is -3.36. The number of methoxy groups -OCH3 is 1. The number of fused-ring (bicyclic) bond motifs is 1. The highest BCUT2D eigenvalue weighted by molar-refractivity contribution is 7.87. The molecule has 1 aromatic carbocycles. The second-order valence-corrected chi connectivity index (χ2v) is 6.86. The SMILES string of the molecule is COc1cccc2c1CCC(NS(=O)(=O)N(C)C)C2. The van der Waals surface area contributed by atoms with Crippen LogP contribution in [0.4, 0.5) is 0 Å². The molecule has 1 unspecified atom stereocenters. The predicted octanol–water partition coefficient (Wildman–Crippen LogP) is 0.948. The summed E-state index contributed by atoms with van der Waals surface area (Å²) in [6, 6.07) is 5.88. The molecule has 0 amide bonds. The Kier molecular flexibility index (Phi) is 4.13. The fourth-order valence-electron chi connectivity index (χ4n) is 2.38. The van der Waals surface area contributed by atoms with Crippen LogP contribution in [0.3, 0.4) is 0 Å². The van der Waals surface area contributed by atoms with Crippen LogP contribution in [0, 0.1) is 0 Å². The summed E-state index contributed by atoms with van der Waals surface area (Å²) in [6.07, 6.45) is 2.33. The van der Waals surface area contributed by atoms with E-state index in [2.05, 4.69) is 4.72 Å². The highest BCUT2D eigenvalue weighted by atomic mass is 32.2. The van der Waals surface area contributed by atoms with Crippen LogP contribution in [0.25, 0.3) is 0 Å². The topological polar surface area (TPSA) is 58.6 Å². The lowest BCUT2D eigenvalue weighted by Crippen LogP contribution is -2.44. The Morgan fingerprint density at radius 1 is 1.37 bits per heavy atom. The third-order valence-corrected chi connectivity index (χ3v) is 5.05. The number of nitrogens with one attached hydrogen (secondary N) is 1. The van der Waals surface area contributed by atoms with Gasteiger partial charge < -0.3 is 4.74 Å². The van der Waals surface area contributed by atoms with Gasteiger partial charge in [-0.3, -0.25) is 0 Å². The molecule has 1 aliphatic rings. The van der Waals surface area contributed by atoms with E-state index in [-0.39, 0.29) is 6.04 Å². The van der Waals surface area contributed by atoms with Crippen LogP contribution < -0.4 is 9.46 Å². The van der Waals surface area contributed by atoms with Gasteiger partial charge >= 0.3 is 0 Å². The van der Waals surface area contributed by atoms with E-state index in [9.17, 15) is 8.42 Å². The summed E-state index contributed by atoms with van der Waals surface area (Å²) in [5.41, 5.74) is 2.36. The molecule has 5 nitrogen and oxygen atoms in total. The Labute approximate surface area is 114 Å².